The molecular weight excluding hydrogens is 268 g/mol. The van der Waals surface area contributed by atoms with Crippen LogP contribution in [0.25, 0.3) is 11.3 Å². The molecule has 0 aliphatic heterocycles. The summed E-state index contributed by atoms with van der Waals surface area (Å²) in [5.74, 6) is 0. The number of fused-ring (bicyclic) bond motifs is 1. The van der Waals surface area contributed by atoms with Crippen molar-refractivity contribution in [2.75, 3.05) is 0 Å². The van der Waals surface area contributed by atoms with Gasteiger partial charge in [-0.1, -0.05) is 12.1 Å². The minimum atomic E-state index is -0.296. The van der Waals surface area contributed by atoms with Crippen LogP contribution in [0.3, 0.4) is 0 Å². The zero-order chi connectivity index (χ0) is 15.1. The van der Waals surface area contributed by atoms with Crippen LogP contribution in [0, 0.1) is 13.8 Å². The average Bonchev–Trinajstić information content (AvgIpc) is 2.80. The van der Waals surface area contributed by atoms with Crippen LogP contribution < -0.4 is 11.2 Å². The van der Waals surface area contributed by atoms with E-state index in [0.29, 0.717) is 6.54 Å². The minimum absolute atomic E-state index is 0.144. The number of rotatable bonds is 2. The molecular formula is C15H16N4O2. The van der Waals surface area contributed by atoms with Crippen molar-refractivity contribution in [1.82, 2.24) is 18.7 Å². The summed E-state index contributed by atoms with van der Waals surface area (Å²) < 4.78 is 4.10. The Labute approximate surface area is 120 Å². The van der Waals surface area contributed by atoms with E-state index >= 15 is 0 Å². The van der Waals surface area contributed by atoms with E-state index in [9.17, 15) is 9.59 Å². The van der Waals surface area contributed by atoms with Gasteiger partial charge in [-0.05, 0) is 38.0 Å². The third-order valence-corrected chi connectivity index (χ3v) is 3.57. The van der Waals surface area contributed by atoms with Crippen molar-refractivity contribution < 1.29 is 0 Å². The van der Waals surface area contributed by atoms with Gasteiger partial charge in [0.05, 0.1) is 5.69 Å². The largest absolute Gasteiger partial charge is 0.350 e. The fourth-order valence-corrected chi connectivity index (χ4v) is 2.38. The number of nitrogens with zero attached hydrogens (tertiary/aromatic N) is 4. The van der Waals surface area contributed by atoms with E-state index in [4.69, 9.17) is 0 Å². The van der Waals surface area contributed by atoms with E-state index in [0.717, 1.165) is 16.8 Å². The second kappa shape index (κ2) is 4.73. The highest BCUT2D eigenvalue weighted by Gasteiger charge is 2.12. The Hall–Kier alpha value is -2.63. The van der Waals surface area contributed by atoms with E-state index in [1.165, 1.54) is 13.6 Å². The predicted octanol–water partition coefficient (Wildman–Crippen LogP) is 1.28. The number of aryl methyl sites for hydroxylation is 3. The van der Waals surface area contributed by atoms with E-state index in [2.05, 4.69) is 5.10 Å². The SMILES string of the molecule is CCn1nc2c(=O)n(-c3cc(C)ccc3C)ccn2c1=O. The Morgan fingerprint density at radius 3 is 2.62 bits per heavy atom. The van der Waals surface area contributed by atoms with Crippen LogP contribution in [0.1, 0.15) is 18.1 Å². The molecule has 3 rings (SSSR count). The van der Waals surface area contributed by atoms with Crippen LogP contribution in [0.2, 0.25) is 0 Å². The zero-order valence-corrected chi connectivity index (χ0v) is 12.2. The first-order valence-electron chi connectivity index (χ1n) is 6.81. The third kappa shape index (κ3) is 1.99. The molecule has 6 heteroatoms. The molecule has 0 saturated carbocycles. The molecule has 0 atom stereocenters. The highest BCUT2D eigenvalue weighted by Crippen LogP contribution is 2.14. The molecule has 0 aliphatic carbocycles. The number of benzene rings is 1. The molecule has 0 fully saturated rings. The van der Waals surface area contributed by atoms with Crippen LogP contribution in [-0.2, 0) is 6.54 Å². The maximum Gasteiger partial charge on any atom is 0.350 e. The lowest BCUT2D eigenvalue weighted by Gasteiger charge is -2.09. The van der Waals surface area contributed by atoms with Gasteiger partial charge in [0.25, 0.3) is 0 Å². The van der Waals surface area contributed by atoms with Gasteiger partial charge >= 0.3 is 11.2 Å². The molecule has 0 N–H and O–H groups in total. The summed E-state index contributed by atoms with van der Waals surface area (Å²) in [7, 11) is 0. The summed E-state index contributed by atoms with van der Waals surface area (Å²) in [4.78, 5) is 24.6. The molecule has 1 aromatic carbocycles. The highest BCUT2D eigenvalue weighted by molar-refractivity contribution is 5.46. The van der Waals surface area contributed by atoms with E-state index in [1.807, 2.05) is 39.0 Å². The monoisotopic (exact) mass is 284 g/mol. The van der Waals surface area contributed by atoms with Gasteiger partial charge in [0.2, 0.25) is 5.65 Å². The molecule has 0 radical (unpaired) electrons. The Balaban J connectivity index is 2.35. The standard InChI is InChI=1S/C15H16N4O2/c1-4-19-15(21)18-8-7-17(14(20)13(18)16-19)12-9-10(2)5-6-11(12)3/h5-9H,4H2,1-3H3. The number of hydrogen-bond acceptors (Lipinski definition) is 3. The summed E-state index contributed by atoms with van der Waals surface area (Å²) in [5.41, 5.74) is 2.42. The summed E-state index contributed by atoms with van der Waals surface area (Å²) in [6, 6.07) is 5.92. The van der Waals surface area contributed by atoms with Gasteiger partial charge in [-0.25, -0.2) is 13.9 Å². The van der Waals surface area contributed by atoms with Crippen molar-refractivity contribution >= 4 is 5.65 Å². The highest BCUT2D eigenvalue weighted by atomic mass is 16.2. The van der Waals surface area contributed by atoms with Crippen LogP contribution >= 0.6 is 0 Å². The molecule has 0 bridgehead atoms. The molecule has 0 aliphatic rings. The molecule has 0 unspecified atom stereocenters. The summed E-state index contributed by atoms with van der Waals surface area (Å²) in [5, 5.41) is 4.10. The van der Waals surface area contributed by atoms with Crippen molar-refractivity contribution in [2.45, 2.75) is 27.3 Å². The van der Waals surface area contributed by atoms with Crippen LogP contribution in [-0.4, -0.2) is 18.7 Å². The normalized spacial score (nSPS) is 11.2. The predicted molar refractivity (Wildman–Crippen MR) is 80.2 cm³/mol. The fraction of sp³-hybridized carbons (Fsp3) is 0.267. The molecule has 3 aromatic rings. The first-order chi connectivity index (χ1) is 10.0. The van der Waals surface area contributed by atoms with Crippen LogP contribution in [0.5, 0.6) is 0 Å². The fourth-order valence-electron chi connectivity index (χ4n) is 2.38. The van der Waals surface area contributed by atoms with E-state index in [-0.39, 0.29) is 16.9 Å². The molecule has 6 nitrogen and oxygen atoms in total. The van der Waals surface area contributed by atoms with Crippen LogP contribution in [0.4, 0.5) is 0 Å². The van der Waals surface area contributed by atoms with Gasteiger partial charge in [-0.15, -0.1) is 5.10 Å². The first kappa shape index (κ1) is 13.4. The van der Waals surface area contributed by atoms with Gasteiger partial charge < -0.3 is 0 Å². The van der Waals surface area contributed by atoms with Crippen LogP contribution in [0.15, 0.2) is 40.2 Å². The maximum atomic E-state index is 12.6. The molecule has 2 aromatic heterocycles. The number of aromatic nitrogens is 4. The topological polar surface area (TPSA) is 61.3 Å². The lowest BCUT2D eigenvalue weighted by Crippen LogP contribution is -2.24. The Kier molecular flexibility index (Phi) is 3.01. The van der Waals surface area contributed by atoms with E-state index < -0.39 is 0 Å². The molecule has 0 saturated heterocycles. The van der Waals surface area contributed by atoms with Gasteiger partial charge in [0, 0.05) is 18.9 Å². The molecule has 21 heavy (non-hydrogen) atoms. The number of hydrogen-bond donors (Lipinski definition) is 0. The van der Waals surface area contributed by atoms with E-state index in [1.54, 1.807) is 12.4 Å². The van der Waals surface area contributed by atoms with Gasteiger partial charge in [0.1, 0.15) is 0 Å². The van der Waals surface area contributed by atoms with Crippen molar-refractivity contribution in [1.29, 1.82) is 0 Å². The van der Waals surface area contributed by atoms with Gasteiger partial charge in [0.15, 0.2) is 0 Å². The summed E-state index contributed by atoms with van der Waals surface area (Å²) in [6.07, 6.45) is 3.19. The van der Waals surface area contributed by atoms with Crippen molar-refractivity contribution in [3.05, 3.63) is 62.6 Å². The smallest absolute Gasteiger partial charge is 0.279 e. The first-order valence-corrected chi connectivity index (χ1v) is 6.81. The van der Waals surface area contributed by atoms with Crippen molar-refractivity contribution in [3.63, 3.8) is 0 Å². The third-order valence-electron chi connectivity index (χ3n) is 3.57. The Bertz CT molecular complexity index is 946. The average molecular weight is 284 g/mol. The Morgan fingerprint density at radius 1 is 1.14 bits per heavy atom. The molecule has 2 heterocycles. The molecule has 0 spiro atoms. The molecule has 0 amide bonds. The second-order valence-electron chi connectivity index (χ2n) is 5.06. The second-order valence-corrected chi connectivity index (χ2v) is 5.06. The minimum Gasteiger partial charge on any atom is -0.279 e. The summed E-state index contributed by atoms with van der Waals surface area (Å²) in [6.45, 7) is 6.17. The molecule has 108 valence electrons. The van der Waals surface area contributed by atoms with Crippen molar-refractivity contribution in [2.24, 2.45) is 0 Å². The maximum absolute atomic E-state index is 12.6. The summed E-state index contributed by atoms with van der Waals surface area (Å²) >= 11 is 0. The van der Waals surface area contributed by atoms with Gasteiger partial charge in [-0.3, -0.25) is 9.36 Å². The van der Waals surface area contributed by atoms with Crippen molar-refractivity contribution in [3.8, 4) is 5.69 Å². The lowest BCUT2D eigenvalue weighted by atomic mass is 10.1. The quantitative estimate of drug-likeness (QED) is 0.712. The lowest BCUT2D eigenvalue weighted by molar-refractivity contribution is 0.633. The van der Waals surface area contributed by atoms with Gasteiger partial charge in [-0.2, -0.15) is 0 Å². The zero-order valence-electron chi connectivity index (χ0n) is 12.2. The Morgan fingerprint density at radius 2 is 1.90 bits per heavy atom.